The zero-order valence-corrected chi connectivity index (χ0v) is 17.4. The number of likely N-dealkylation sites (N-methyl/N-ethyl adjacent to an activating group) is 1. The Kier molecular flexibility index (Phi) is 3.28. The summed E-state index contributed by atoms with van der Waals surface area (Å²) in [5.41, 5.74) is 2.56. The number of ether oxygens (including phenoxy) is 3. The van der Waals surface area contributed by atoms with E-state index in [9.17, 15) is 5.21 Å². The number of hydrogen-bond acceptors (Lipinski definition) is 6. The molecule has 1 aromatic rings. The van der Waals surface area contributed by atoms with Gasteiger partial charge in [0.05, 0.1) is 18.2 Å². The van der Waals surface area contributed by atoms with Crippen molar-refractivity contribution < 1.29 is 19.4 Å². The molecule has 29 heavy (non-hydrogen) atoms. The Hall–Kier alpha value is -2.05. The summed E-state index contributed by atoms with van der Waals surface area (Å²) >= 11 is 0. The van der Waals surface area contributed by atoms with Gasteiger partial charge in [0.25, 0.3) is 0 Å². The van der Waals surface area contributed by atoms with E-state index in [4.69, 9.17) is 14.2 Å². The fourth-order valence-corrected chi connectivity index (χ4v) is 7.75. The van der Waals surface area contributed by atoms with Crippen LogP contribution < -0.4 is 9.47 Å². The van der Waals surface area contributed by atoms with E-state index in [2.05, 4.69) is 35.3 Å². The molecule has 7 rings (SSSR count). The topological polar surface area (TPSA) is 63.5 Å². The van der Waals surface area contributed by atoms with E-state index in [1.807, 2.05) is 13.0 Å². The van der Waals surface area contributed by atoms with Gasteiger partial charge in [-0.25, -0.2) is 0 Å². The van der Waals surface area contributed by atoms with E-state index in [0.717, 1.165) is 37.3 Å². The Morgan fingerprint density at radius 1 is 1.31 bits per heavy atom. The highest BCUT2D eigenvalue weighted by molar-refractivity contribution is 5.87. The average molecular weight is 396 g/mol. The lowest BCUT2D eigenvalue weighted by Gasteiger charge is -2.71. The molecule has 1 saturated carbocycles. The third-order valence-electron chi connectivity index (χ3n) is 8.94. The van der Waals surface area contributed by atoms with Crippen molar-refractivity contribution in [3.63, 3.8) is 0 Å². The molecule has 0 unspecified atom stereocenters. The zero-order valence-electron chi connectivity index (χ0n) is 17.4. The number of methoxy groups -OCH3 is 2. The Balaban J connectivity index is 1.70. The standard InChI is InChI=1S/C23H28N2O4/c1-13(24-26)15-12-21-7-8-23(15,28-4)20-22(21)9-10-25(2)17(21)11-14-5-6-16(27-3)19(29-20)18(14)22/h5-8,15,17,20,26H,9-12H2,1-4H3/t15-,17+,20+,21+,22-,23+/m0/s1. The minimum absolute atomic E-state index is 0.0310. The lowest BCUT2D eigenvalue weighted by molar-refractivity contribution is -0.201. The first-order chi connectivity index (χ1) is 14.0. The Bertz CT molecular complexity index is 974. The van der Waals surface area contributed by atoms with Gasteiger partial charge in [-0.05, 0) is 51.4 Å². The second-order valence-electron chi connectivity index (χ2n) is 9.48. The van der Waals surface area contributed by atoms with Crippen LogP contribution in [-0.2, 0) is 16.6 Å². The summed E-state index contributed by atoms with van der Waals surface area (Å²) in [6.07, 6.45) is 7.39. The van der Waals surface area contributed by atoms with Gasteiger partial charge in [0, 0.05) is 30.0 Å². The molecule has 6 aliphatic rings. The SMILES string of the molecule is COc1ccc2c3c1O[C@H]1[C@@]4(OC)C=C[C@@]5(C[C@H]4C(C)=NO)[C@@H](C2)N(C)CC[C@]315. The normalized spacial score (nSPS) is 43.9. The lowest BCUT2D eigenvalue weighted by atomic mass is 9.37. The highest BCUT2D eigenvalue weighted by atomic mass is 16.6. The first-order valence-corrected chi connectivity index (χ1v) is 10.5. The minimum atomic E-state index is -0.656. The number of fused-ring (bicyclic) bond motifs is 1. The van der Waals surface area contributed by atoms with E-state index < -0.39 is 5.60 Å². The van der Waals surface area contributed by atoms with Crippen LogP contribution in [0.2, 0.25) is 0 Å². The summed E-state index contributed by atoms with van der Waals surface area (Å²) in [4.78, 5) is 2.52. The van der Waals surface area contributed by atoms with E-state index in [1.54, 1.807) is 14.2 Å². The van der Waals surface area contributed by atoms with Crippen LogP contribution in [0.3, 0.4) is 0 Å². The van der Waals surface area contributed by atoms with Crippen LogP contribution in [0.1, 0.15) is 30.9 Å². The lowest BCUT2D eigenvalue weighted by Crippen LogP contribution is -2.79. The van der Waals surface area contributed by atoms with Gasteiger partial charge in [0.1, 0.15) is 11.7 Å². The molecule has 0 radical (unpaired) electrons. The quantitative estimate of drug-likeness (QED) is 0.368. The summed E-state index contributed by atoms with van der Waals surface area (Å²) in [5, 5.41) is 13.3. The molecule has 154 valence electrons. The van der Waals surface area contributed by atoms with Crippen LogP contribution in [0, 0.1) is 11.3 Å². The van der Waals surface area contributed by atoms with E-state index in [0.29, 0.717) is 11.8 Å². The Morgan fingerprint density at radius 3 is 2.86 bits per heavy atom. The fourth-order valence-electron chi connectivity index (χ4n) is 7.75. The zero-order chi connectivity index (χ0) is 20.2. The Labute approximate surface area is 171 Å². The smallest absolute Gasteiger partial charge is 0.166 e. The molecular weight excluding hydrogens is 368 g/mol. The maximum atomic E-state index is 9.68. The molecule has 0 aromatic heterocycles. The van der Waals surface area contributed by atoms with Crippen LogP contribution in [0.25, 0.3) is 0 Å². The Morgan fingerprint density at radius 2 is 2.14 bits per heavy atom. The monoisotopic (exact) mass is 396 g/mol. The van der Waals surface area contributed by atoms with E-state index in [-0.39, 0.29) is 22.9 Å². The van der Waals surface area contributed by atoms with Crippen molar-refractivity contribution in [2.45, 2.75) is 49.3 Å². The average Bonchev–Trinajstić information content (AvgIpc) is 3.12. The largest absolute Gasteiger partial charge is 0.493 e. The summed E-state index contributed by atoms with van der Waals surface area (Å²) in [7, 11) is 5.72. The second kappa shape index (κ2) is 5.35. The molecule has 1 aromatic carbocycles. The van der Waals surface area contributed by atoms with Gasteiger partial charge in [0.2, 0.25) is 0 Å². The van der Waals surface area contributed by atoms with Crippen molar-refractivity contribution in [2.75, 3.05) is 27.8 Å². The van der Waals surface area contributed by atoms with Gasteiger partial charge in [-0.15, -0.1) is 0 Å². The molecule has 1 saturated heterocycles. The summed E-state index contributed by atoms with van der Waals surface area (Å²) < 4.78 is 18.8. The van der Waals surface area contributed by atoms with Crippen LogP contribution in [0.4, 0.5) is 0 Å². The summed E-state index contributed by atoms with van der Waals surface area (Å²) in [5.74, 6) is 1.66. The van der Waals surface area contributed by atoms with E-state index in [1.165, 1.54) is 11.1 Å². The van der Waals surface area contributed by atoms with Crippen molar-refractivity contribution in [2.24, 2.45) is 16.5 Å². The second-order valence-corrected chi connectivity index (χ2v) is 9.48. The predicted molar refractivity (Wildman–Crippen MR) is 108 cm³/mol. The number of benzene rings is 1. The molecule has 4 bridgehead atoms. The van der Waals surface area contributed by atoms with Gasteiger partial charge in [-0.2, -0.15) is 0 Å². The highest BCUT2D eigenvalue weighted by Crippen LogP contribution is 2.74. The van der Waals surface area contributed by atoms with Crippen molar-refractivity contribution >= 4 is 5.71 Å². The van der Waals surface area contributed by atoms with Crippen molar-refractivity contribution in [1.29, 1.82) is 0 Å². The van der Waals surface area contributed by atoms with Crippen molar-refractivity contribution in [1.82, 2.24) is 4.90 Å². The van der Waals surface area contributed by atoms with Gasteiger partial charge < -0.3 is 24.3 Å². The molecule has 6 nitrogen and oxygen atoms in total. The number of nitrogens with zero attached hydrogens (tertiary/aromatic N) is 2. The van der Waals surface area contributed by atoms with Crippen LogP contribution in [-0.4, -0.2) is 61.4 Å². The fraction of sp³-hybridized carbons (Fsp3) is 0.609. The molecule has 6 heteroatoms. The van der Waals surface area contributed by atoms with Gasteiger partial charge in [-0.1, -0.05) is 23.4 Å². The number of rotatable bonds is 3. The first kappa shape index (κ1) is 17.8. The number of hydrogen-bond donors (Lipinski definition) is 1. The first-order valence-electron chi connectivity index (χ1n) is 10.5. The van der Waals surface area contributed by atoms with Crippen LogP contribution >= 0.6 is 0 Å². The third kappa shape index (κ3) is 1.65. The number of oxime groups is 1. The molecule has 6 atom stereocenters. The van der Waals surface area contributed by atoms with E-state index >= 15 is 0 Å². The summed E-state index contributed by atoms with van der Waals surface area (Å²) in [6, 6.07) is 4.66. The third-order valence-corrected chi connectivity index (χ3v) is 8.94. The highest BCUT2D eigenvalue weighted by Gasteiger charge is 2.79. The van der Waals surface area contributed by atoms with Crippen molar-refractivity contribution in [3.8, 4) is 11.5 Å². The minimum Gasteiger partial charge on any atom is -0.493 e. The molecule has 4 aliphatic carbocycles. The maximum Gasteiger partial charge on any atom is 0.166 e. The van der Waals surface area contributed by atoms with Gasteiger partial charge in [-0.3, -0.25) is 0 Å². The molecule has 1 N–H and O–H groups in total. The van der Waals surface area contributed by atoms with Gasteiger partial charge in [0.15, 0.2) is 11.5 Å². The molecule has 2 heterocycles. The molecule has 2 spiro atoms. The molecule has 2 fully saturated rings. The van der Waals surface area contributed by atoms with Gasteiger partial charge >= 0.3 is 0 Å². The van der Waals surface area contributed by atoms with Crippen molar-refractivity contribution in [3.05, 3.63) is 35.4 Å². The predicted octanol–water partition coefficient (Wildman–Crippen LogP) is 2.77. The summed E-state index contributed by atoms with van der Waals surface area (Å²) in [6.45, 7) is 2.94. The maximum absolute atomic E-state index is 9.68. The molecular formula is C23H28N2O4. The number of piperidine rings is 1. The number of likely N-dealkylation sites (tertiary alicyclic amines) is 1. The molecule has 0 amide bonds. The van der Waals surface area contributed by atoms with Crippen LogP contribution in [0.15, 0.2) is 29.4 Å². The van der Waals surface area contributed by atoms with Crippen LogP contribution in [0.5, 0.6) is 11.5 Å². The molecule has 2 aliphatic heterocycles.